The van der Waals surface area contributed by atoms with Crippen molar-refractivity contribution in [2.45, 2.75) is 19.4 Å². The summed E-state index contributed by atoms with van der Waals surface area (Å²) in [5, 5.41) is 4.35. The summed E-state index contributed by atoms with van der Waals surface area (Å²) >= 11 is 7.97. The minimum Gasteiger partial charge on any atom is -0.381 e. The van der Waals surface area contributed by atoms with E-state index in [0.29, 0.717) is 6.04 Å². The van der Waals surface area contributed by atoms with Crippen molar-refractivity contribution >= 4 is 29.1 Å². The Morgan fingerprint density at radius 1 is 1.50 bits per heavy atom. The number of hydrogen-bond donors (Lipinski definition) is 1. The van der Waals surface area contributed by atoms with Gasteiger partial charge in [0.05, 0.1) is 0 Å². The predicted molar refractivity (Wildman–Crippen MR) is 65.5 cm³/mol. The maximum atomic E-state index is 5.96. The zero-order valence-electron chi connectivity index (χ0n) is 8.22. The Morgan fingerprint density at radius 3 is 3.07 bits per heavy atom. The van der Waals surface area contributed by atoms with Gasteiger partial charge in [-0.1, -0.05) is 17.7 Å². The van der Waals surface area contributed by atoms with Crippen LogP contribution in [-0.4, -0.2) is 17.5 Å². The summed E-state index contributed by atoms with van der Waals surface area (Å²) in [5.74, 6) is 2.49. The second kappa shape index (κ2) is 4.45. The number of aryl methyl sites for hydroxylation is 1. The van der Waals surface area contributed by atoms with Gasteiger partial charge in [-0.25, -0.2) is 0 Å². The van der Waals surface area contributed by atoms with E-state index in [0.717, 1.165) is 5.02 Å². The van der Waals surface area contributed by atoms with Gasteiger partial charge in [0.2, 0.25) is 0 Å². The van der Waals surface area contributed by atoms with Gasteiger partial charge in [-0.2, -0.15) is 11.8 Å². The molecule has 0 spiro atoms. The Hall–Kier alpha value is -0.340. The second-order valence-electron chi connectivity index (χ2n) is 3.66. The van der Waals surface area contributed by atoms with Crippen molar-refractivity contribution in [3.8, 4) is 0 Å². The Labute approximate surface area is 94.2 Å². The number of hydrogen-bond acceptors (Lipinski definition) is 2. The normalized spacial score (nSPS) is 21.1. The third-order valence-corrected chi connectivity index (χ3v) is 3.89. The number of anilines is 1. The van der Waals surface area contributed by atoms with Crippen LogP contribution in [0.5, 0.6) is 0 Å². The first-order chi connectivity index (χ1) is 6.75. The zero-order chi connectivity index (χ0) is 9.97. The topological polar surface area (TPSA) is 12.0 Å². The molecule has 1 saturated heterocycles. The highest BCUT2D eigenvalue weighted by atomic mass is 35.5. The highest BCUT2D eigenvalue weighted by Gasteiger charge is 2.15. The zero-order valence-corrected chi connectivity index (χ0v) is 9.79. The standard InChI is InChI=1S/C11H14ClNS/c1-8-2-3-9(12)6-11(8)13-10-4-5-14-7-10/h2-3,6,10,13H,4-5,7H2,1H3/t10-/m1/s1. The summed E-state index contributed by atoms with van der Waals surface area (Å²) < 4.78 is 0. The van der Waals surface area contributed by atoms with Gasteiger partial charge in [-0.05, 0) is 36.8 Å². The van der Waals surface area contributed by atoms with E-state index in [1.165, 1.54) is 29.2 Å². The summed E-state index contributed by atoms with van der Waals surface area (Å²) in [4.78, 5) is 0. The minimum atomic E-state index is 0.622. The van der Waals surface area contributed by atoms with Crippen molar-refractivity contribution in [1.29, 1.82) is 0 Å². The molecule has 0 bridgehead atoms. The lowest BCUT2D eigenvalue weighted by atomic mass is 10.1. The van der Waals surface area contributed by atoms with Crippen LogP contribution in [0.25, 0.3) is 0 Å². The van der Waals surface area contributed by atoms with E-state index in [2.05, 4.69) is 18.3 Å². The molecule has 1 aromatic carbocycles. The minimum absolute atomic E-state index is 0.622. The third-order valence-electron chi connectivity index (χ3n) is 2.49. The van der Waals surface area contributed by atoms with E-state index in [9.17, 15) is 0 Å². The van der Waals surface area contributed by atoms with E-state index in [1.54, 1.807) is 0 Å². The van der Waals surface area contributed by atoms with Crippen LogP contribution in [0.2, 0.25) is 5.02 Å². The van der Waals surface area contributed by atoms with Crippen molar-refractivity contribution in [3.05, 3.63) is 28.8 Å². The third kappa shape index (κ3) is 2.37. The molecular formula is C11H14ClNS. The summed E-state index contributed by atoms with van der Waals surface area (Å²) in [7, 11) is 0. The Balaban J connectivity index is 2.10. The number of thioether (sulfide) groups is 1. The molecule has 1 atom stereocenters. The maximum absolute atomic E-state index is 5.96. The van der Waals surface area contributed by atoms with Crippen LogP contribution < -0.4 is 5.32 Å². The molecule has 76 valence electrons. The van der Waals surface area contributed by atoms with E-state index in [-0.39, 0.29) is 0 Å². The fourth-order valence-corrected chi connectivity index (χ4v) is 2.94. The largest absolute Gasteiger partial charge is 0.381 e. The van der Waals surface area contributed by atoms with Crippen LogP contribution in [0, 0.1) is 6.92 Å². The Kier molecular flexibility index (Phi) is 3.24. The maximum Gasteiger partial charge on any atom is 0.0426 e. The molecule has 14 heavy (non-hydrogen) atoms. The lowest BCUT2D eigenvalue weighted by Crippen LogP contribution is -2.18. The average molecular weight is 228 g/mol. The Morgan fingerprint density at radius 2 is 2.36 bits per heavy atom. The fourth-order valence-electron chi connectivity index (χ4n) is 1.62. The molecule has 0 aromatic heterocycles. The average Bonchev–Trinajstić information content (AvgIpc) is 2.64. The number of halogens is 1. The molecule has 1 heterocycles. The number of rotatable bonds is 2. The van der Waals surface area contributed by atoms with Gasteiger partial charge in [-0.3, -0.25) is 0 Å². The van der Waals surface area contributed by atoms with Gasteiger partial charge < -0.3 is 5.32 Å². The lowest BCUT2D eigenvalue weighted by Gasteiger charge is -2.15. The van der Waals surface area contributed by atoms with Crippen molar-refractivity contribution < 1.29 is 0 Å². The smallest absolute Gasteiger partial charge is 0.0426 e. The van der Waals surface area contributed by atoms with Gasteiger partial charge in [0.15, 0.2) is 0 Å². The van der Waals surface area contributed by atoms with Crippen molar-refractivity contribution in [2.75, 3.05) is 16.8 Å². The molecular weight excluding hydrogens is 214 g/mol. The lowest BCUT2D eigenvalue weighted by molar-refractivity contribution is 0.812. The first kappa shape index (κ1) is 10.2. The van der Waals surface area contributed by atoms with Crippen molar-refractivity contribution in [2.24, 2.45) is 0 Å². The van der Waals surface area contributed by atoms with Gasteiger partial charge in [-0.15, -0.1) is 0 Å². The molecule has 0 unspecified atom stereocenters. The summed E-state index contributed by atoms with van der Waals surface area (Å²) in [5.41, 5.74) is 2.45. The Bertz CT molecular complexity index is 321. The first-order valence-corrected chi connectivity index (χ1v) is 6.39. The quantitative estimate of drug-likeness (QED) is 0.829. The highest BCUT2D eigenvalue weighted by molar-refractivity contribution is 7.99. The second-order valence-corrected chi connectivity index (χ2v) is 5.25. The van der Waals surface area contributed by atoms with E-state index >= 15 is 0 Å². The van der Waals surface area contributed by atoms with Gasteiger partial charge in [0.25, 0.3) is 0 Å². The number of nitrogens with one attached hydrogen (secondary N) is 1. The van der Waals surface area contributed by atoms with Crippen LogP contribution in [0.3, 0.4) is 0 Å². The molecule has 1 aliphatic heterocycles. The monoisotopic (exact) mass is 227 g/mol. The molecule has 1 fully saturated rings. The molecule has 0 saturated carbocycles. The van der Waals surface area contributed by atoms with Crippen molar-refractivity contribution in [1.82, 2.24) is 0 Å². The molecule has 0 aliphatic carbocycles. The van der Waals surface area contributed by atoms with Crippen LogP contribution in [0.15, 0.2) is 18.2 Å². The molecule has 1 aliphatic rings. The van der Waals surface area contributed by atoms with E-state index in [4.69, 9.17) is 11.6 Å². The summed E-state index contributed by atoms with van der Waals surface area (Å²) in [6.07, 6.45) is 1.26. The molecule has 0 radical (unpaired) electrons. The van der Waals surface area contributed by atoms with Gasteiger partial charge in [0.1, 0.15) is 0 Å². The summed E-state index contributed by atoms with van der Waals surface area (Å²) in [6, 6.07) is 6.63. The molecule has 1 aromatic rings. The fraction of sp³-hybridized carbons (Fsp3) is 0.455. The molecule has 0 amide bonds. The van der Waals surface area contributed by atoms with Crippen LogP contribution in [-0.2, 0) is 0 Å². The van der Waals surface area contributed by atoms with Crippen LogP contribution >= 0.6 is 23.4 Å². The van der Waals surface area contributed by atoms with Gasteiger partial charge in [0, 0.05) is 22.5 Å². The van der Waals surface area contributed by atoms with E-state index in [1.807, 2.05) is 23.9 Å². The highest BCUT2D eigenvalue weighted by Crippen LogP contribution is 2.25. The molecule has 1 N–H and O–H groups in total. The van der Waals surface area contributed by atoms with Crippen LogP contribution in [0.1, 0.15) is 12.0 Å². The molecule has 1 nitrogen and oxygen atoms in total. The van der Waals surface area contributed by atoms with Crippen molar-refractivity contribution in [3.63, 3.8) is 0 Å². The molecule has 3 heteroatoms. The number of benzene rings is 1. The van der Waals surface area contributed by atoms with Gasteiger partial charge >= 0.3 is 0 Å². The van der Waals surface area contributed by atoms with Crippen LogP contribution in [0.4, 0.5) is 5.69 Å². The molecule has 2 rings (SSSR count). The van der Waals surface area contributed by atoms with E-state index < -0.39 is 0 Å². The predicted octanol–water partition coefficient (Wildman–Crippen LogP) is 3.57. The first-order valence-electron chi connectivity index (χ1n) is 4.86. The summed E-state index contributed by atoms with van der Waals surface area (Å²) in [6.45, 7) is 2.11. The SMILES string of the molecule is Cc1ccc(Cl)cc1N[C@@H]1CCSC1.